The minimum atomic E-state index is -0.831. The van der Waals surface area contributed by atoms with Crippen LogP contribution in [0, 0.1) is 5.82 Å². The van der Waals surface area contributed by atoms with E-state index in [0.717, 1.165) is 13.8 Å². The topological polar surface area (TPSA) is 20.2 Å². The fourth-order valence-electron chi connectivity index (χ4n) is 1.53. The molecule has 1 aromatic heterocycles. The van der Waals surface area contributed by atoms with E-state index >= 15 is 0 Å². The number of halogens is 3. The van der Waals surface area contributed by atoms with Crippen LogP contribution in [0.15, 0.2) is 38.6 Å². The van der Waals surface area contributed by atoms with E-state index in [1.165, 1.54) is 6.07 Å². The summed E-state index contributed by atoms with van der Waals surface area (Å²) >= 11 is 8.21. The van der Waals surface area contributed by atoms with Crippen molar-refractivity contribution in [1.82, 2.24) is 0 Å². The number of benzene rings is 1. The summed E-state index contributed by atoms with van der Waals surface area (Å²) in [5, 5.41) is 12.0. The lowest BCUT2D eigenvalue weighted by atomic mass is 10.1. The van der Waals surface area contributed by atoms with Gasteiger partial charge in [0.15, 0.2) is 0 Å². The highest BCUT2D eigenvalue weighted by Gasteiger charge is 2.15. The van der Waals surface area contributed by atoms with Crippen molar-refractivity contribution in [2.24, 2.45) is 0 Å². The van der Waals surface area contributed by atoms with Crippen LogP contribution in [0.4, 0.5) is 4.39 Å². The number of aliphatic hydroxyl groups is 1. The van der Waals surface area contributed by atoms with Gasteiger partial charge in [-0.05, 0) is 45.6 Å². The second kappa shape index (κ2) is 5.61. The fourth-order valence-corrected chi connectivity index (χ4v) is 3.46. The molecular weight excluding hydrogens is 371 g/mol. The molecule has 2 rings (SSSR count). The largest absolute Gasteiger partial charge is 0.388 e. The first-order chi connectivity index (χ1) is 8.08. The van der Waals surface area contributed by atoms with Crippen LogP contribution < -0.4 is 0 Å². The van der Waals surface area contributed by atoms with Crippen molar-refractivity contribution >= 4 is 43.2 Å². The normalized spacial score (nSPS) is 12.7. The zero-order chi connectivity index (χ0) is 12.4. The Labute approximate surface area is 120 Å². The molecule has 1 atom stereocenters. The Morgan fingerprint density at radius 1 is 1.29 bits per heavy atom. The fraction of sp³-hybridized carbons (Fsp3) is 0.167. The van der Waals surface area contributed by atoms with Gasteiger partial charge < -0.3 is 5.11 Å². The highest BCUT2D eigenvalue weighted by atomic mass is 79.9. The van der Waals surface area contributed by atoms with Gasteiger partial charge in [-0.1, -0.05) is 15.9 Å². The number of hydrogen-bond acceptors (Lipinski definition) is 2. The maximum absolute atomic E-state index is 13.6. The molecule has 0 saturated heterocycles. The summed E-state index contributed by atoms with van der Waals surface area (Å²) in [6.07, 6.45) is -0.423. The van der Waals surface area contributed by atoms with Gasteiger partial charge in [-0.2, -0.15) is 0 Å². The first-order valence-electron chi connectivity index (χ1n) is 4.93. The van der Waals surface area contributed by atoms with Crippen LogP contribution in [0.3, 0.4) is 0 Å². The standard InChI is InChI=1S/C12H9Br2FOS/c13-7-1-2-10(15)8(5-7)11(16)6-12-9(14)3-4-17-12/h1-5,11,16H,6H2. The van der Waals surface area contributed by atoms with Gasteiger partial charge in [0.1, 0.15) is 5.82 Å². The van der Waals surface area contributed by atoms with Crippen molar-refractivity contribution in [3.05, 3.63) is 54.8 Å². The third-order valence-electron chi connectivity index (χ3n) is 2.39. The predicted molar refractivity (Wildman–Crippen MR) is 74.8 cm³/mol. The van der Waals surface area contributed by atoms with E-state index in [0.29, 0.717) is 12.0 Å². The number of rotatable bonds is 3. The molecule has 0 fully saturated rings. The molecule has 90 valence electrons. The molecule has 17 heavy (non-hydrogen) atoms. The molecule has 1 heterocycles. The molecule has 0 amide bonds. The Morgan fingerprint density at radius 3 is 2.71 bits per heavy atom. The summed E-state index contributed by atoms with van der Waals surface area (Å²) in [4.78, 5) is 1.01. The quantitative estimate of drug-likeness (QED) is 0.820. The first-order valence-corrected chi connectivity index (χ1v) is 7.39. The van der Waals surface area contributed by atoms with Crippen LogP contribution in [0.2, 0.25) is 0 Å². The molecule has 1 N–H and O–H groups in total. The number of aliphatic hydroxyl groups excluding tert-OH is 1. The maximum atomic E-state index is 13.6. The van der Waals surface area contributed by atoms with Crippen LogP contribution in [0.25, 0.3) is 0 Å². The van der Waals surface area contributed by atoms with E-state index in [1.807, 2.05) is 11.4 Å². The molecule has 0 aliphatic carbocycles. The lowest BCUT2D eigenvalue weighted by Gasteiger charge is -2.11. The van der Waals surface area contributed by atoms with Crippen LogP contribution in [-0.2, 0) is 6.42 Å². The Bertz CT molecular complexity index is 527. The van der Waals surface area contributed by atoms with Crippen molar-refractivity contribution in [3.8, 4) is 0 Å². The molecule has 0 spiro atoms. The second-order valence-electron chi connectivity index (χ2n) is 3.58. The van der Waals surface area contributed by atoms with Gasteiger partial charge in [-0.25, -0.2) is 4.39 Å². The molecular formula is C12H9Br2FOS. The summed E-state index contributed by atoms with van der Waals surface area (Å²) in [5.74, 6) is -0.381. The lowest BCUT2D eigenvalue weighted by Crippen LogP contribution is -2.03. The van der Waals surface area contributed by atoms with E-state index in [9.17, 15) is 9.50 Å². The average molecular weight is 380 g/mol. The average Bonchev–Trinajstić information content (AvgIpc) is 2.68. The number of hydrogen-bond donors (Lipinski definition) is 1. The summed E-state index contributed by atoms with van der Waals surface area (Å²) < 4.78 is 15.3. The zero-order valence-corrected chi connectivity index (χ0v) is 12.6. The van der Waals surface area contributed by atoms with Crippen LogP contribution in [-0.4, -0.2) is 5.11 Å². The van der Waals surface area contributed by atoms with Gasteiger partial charge >= 0.3 is 0 Å². The molecule has 5 heteroatoms. The van der Waals surface area contributed by atoms with E-state index in [-0.39, 0.29) is 5.82 Å². The van der Waals surface area contributed by atoms with Gasteiger partial charge in [0.25, 0.3) is 0 Å². The van der Waals surface area contributed by atoms with Crippen LogP contribution >= 0.6 is 43.2 Å². The van der Waals surface area contributed by atoms with Gasteiger partial charge in [0, 0.05) is 25.8 Å². The minimum absolute atomic E-state index is 0.319. The van der Waals surface area contributed by atoms with Crippen molar-refractivity contribution in [2.45, 2.75) is 12.5 Å². The molecule has 0 aliphatic heterocycles. The van der Waals surface area contributed by atoms with Crippen molar-refractivity contribution < 1.29 is 9.50 Å². The Balaban J connectivity index is 2.23. The monoisotopic (exact) mass is 378 g/mol. The first kappa shape index (κ1) is 13.2. The highest BCUT2D eigenvalue weighted by molar-refractivity contribution is 9.10. The molecule has 1 unspecified atom stereocenters. The Kier molecular flexibility index (Phi) is 4.36. The van der Waals surface area contributed by atoms with Gasteiger partial charge in [-0.15, -0.1) is 11.3 Å². The minimum Gasteiger partial charge on any atom is -0.388 e. The molecule has 0 bridgehead atoms. The molecule has 0 radical (unpaired) electrons. The van der Waals surface area contributed by atoms with Crippen molar-refractivity contribution in [3.63, 3.8) is 0 Å². The third kappa shape index (κ3) is 3.16. The van der Waals surface area contributed by atoms with Crippen LogP contribution in [0.1, 0.15) is 16.5 Å². The SMILES string of the molecule is OC(Cc1sccc1Br)c1cc(Br)ccc1F. The maximum Gasteiger partial charge on any atom is 0.129 e. The summed E-state index contributed by atoms with van der Waals surface area (Å²) in [6, 6.07) is 6.50. The molecule has 2 aromatic rings. The summed E-state index contributed by atoms with van der Waals surface area (Å²) in [7, 11) is 0. The molecule has 0 saturated carbocycles. The smallest absolute Gasteiger partial charge is 0.129 e. The van der Waals surface area contributed by atoms with Crippen molar-refractivity contribution in [2.75, 3.05) is 0 Å². The van der Waals surface area contributed by atoms with E-state index < -0.39 is 6.10 Å². The van der Waals surface area contributed by atoms with E-state index in [4.69, 9.17) is 0 Å². The van der Waals surface area contributed by atoms with Gasteiger partial charge in [-0.3, -0.25) is 0 Å². The molecule has 1 nitrogen and oxygen atoms in total. The summed E-state index contributed by atoms with van der Waals surface area (Å²) in [6.45, 7) is 0. The number of thiophene rings is 1. The molecule has 0 aliphatic rings. The second-order valence-corrected chi connectivity index (χ2v) is 6.35. The van der Waals surface area contributed by atoms with Crippen molar-refractivity contribution in [1.29, 1.82) is 0 Å². The Hall–Kier alpha value is -0.230. The molecule has 1 aromatic carbocycles. The van der Waals surface area contributed by atoms with Crippen LogP contribution in [0.5, 0.6) is 0 Å². The highest BCUT2D eigenvalue weighted by Crippen LogP contribution is 2.30. The summed E-state index contributed by atoms with van der Waals surface area (Å²) in [5.41, 5.74) is 0.319. The predicted octanol–water partition coefficient (Wildman–Crippen LogP) is 4.69. The van der Waals surface area contributed by atoms with E-state index in [2.05, 4.69) is 31.9 Å². The Morgan fingerprint density at radius 2 is 2.06 bits per heavy atom. The van der Waals surface area contributed by atoms with Gasteiger partial charge in [0.2, 0.25) is 0 Å². The van der Waals surface area contributed by atoms with E-state index in [1.54, 1.807) is 23.5 Å². The van der Waals surface area contributed by atoms with Gasteiger partial charge in [0.05, 0.1) is 6.10 Å². The zero-order valence-electron chi connectivity index (χ0n) is 8.66. The lowest BCUT2D eigenvalue weighted by molar-refractivity contribution is 0.174. The third-order valence-corrected chi connectivity index (χ3v) is 4.83.